The maximum Gasteiger partial charge on any atom is 0.364 e. The number of hydrogen-bond donors (Lipinski definition) is 1. The first-order chi connectivity index (χ1) is 11.5. The Morgan fingerprint density at radius 3 is 2.46 bits per heavy atom. The molecule has 0 aliphatic heterocycles. The molecule has 1 aromatic heterocycles. The smallest absolute Gasteiger partial charge is 0.364 e. The summed E-state index contributed by atoms with van der Waals surface area (Å²) in [5, 5.41) is 24.7. The van der Waals surface area contributed by atoms with Gasteiger partial charge in [0.1, 0.15) is 24.1 Å². The summed E-state index contributed by atoms with van der Waals surface area (Å²) in [4.78, 5) is 23.0. The Bertz CT molecular complexity index is 780. The predicted molar refractivity (Wildman–Crippen MR) is 83.2 cm³/mol. The summed E-state index contributed by atoms with van der Waals surface area (Å²) in [5.41, 5.74) is -0.116. The Balaban J connectivity index is 2.29. The molecule has 0 aliphatic rings. The third-order valence-electron chi connectivity index (χ3n) is 3.26. The summed E-state index contributed by atoms with van der Waals surface area (Å²) >= 11 is 0. The second kappa shape index (κ2) is 7.22. The summed E-state index contributed by atoms with van der Waals surface area (Å²) in [5.74, 6) is 1.23. The van der Waals surface area contributed by atoms with Crippen molar-refractivity contribution in [2.75, 3.05) is 19.5 Å². The molecule has 10 heteroatoms. The van der Waals surface area contributed by atoms with Crippen molar-refractivity contribution in [3.05, 3.63) is 56.3 Å². The molecule has 0 aliphatic carbocycles. The molecule has 1 heterocycles. The molecular formula is C14H15N4O6+. The molecule has 0 bridgehead atoms. The van der Waals surface area contributed by atoms with Gasteiger partial charge in [-0.1, -0.05) is 0 Å². The highest BCUT2D eigenvalue weighted by molar-refractivity contribution is 5.56. The van der Waals surface area contributed by atoms with Gasteiger partial charge in [0.25, 0.3) is 0 Å². The van der Waals surface area contributed by atoms with Crippen molar-refractivity contribution in [3.8, 4) is 11.5 Å². The number of H-pyrrole nitrogens is 1. The fourth-order valence-electron chi connectivity index (χ4n) is 2.07. The molecule has 2 N–H and O–H groups in total. The van der Waals surface area contributed by atoms with E-state index in [1.54, 1.807) is 18.2 Å². The van der Waals surface area contributed by atoms with Crippen LogP contribution >= 0.6 is 0 Å². The van der Waals surface area contributed by atoms with E-state index in [0.29, 0.717) is 17.1 Å². The monoisotopic (exact) mass is 335 g/mol. The van der Waals surface area contributed by atoms with E-state index in [9.17, 15) is 20.2 Å². The van der Waals surface area contributed by atoms with Crippen molar-refractivity contribution in [1.29, 1.82) is 0 Å². The maximum absolute atomic E-state index is 11.1. The minimum absolute atomic E-state index is 0.0514. The maximum atomic E-state index is 11.1. The number of pyridine rings is 1. The highest BCUT2D eigenvalue weighted by Crippen LogP contribution is 2.27. The van der Waals surface area contributed by atoms with E-state index >= 15 is 0 Å². The molecule has 0 fully saturated rings. The number of hydrogen-bond acceptors (Lipinski definition) is 7. The molecule has 126 valence electrons. The molecule has 0 saturated heterocycles. The highest BCUT2D eigenvalue weighted by Gasteiger charge is 2.26. The second-order valence-electron chi connectivity index (χ2n) is 4.66. The lowest BCUT2D eigenvalue weighted by molar-refractivity contribution is -0.430. The molecule has 0 radical (unpaired) electrons. The van der Waals surface area contributed by atoms with Crippen molar-refractivity contribution < 1.29 is 24.3 Å². The van der Waals surface area contributed by atoms with Crippen LogP contribution in [0.1, 0.15) is 5.56 Å². The minimum Gasteiger partial charge on any atom is -0.497 e. The van der Waals surface area contributed by atoms with Crippen molar-refractivity contribution in [2.45, 2.75) is 6.54 Å². The number of nitrogens with one attached hydrogen (secondary N) is 2. The molecule has 10 nitrogen and oxygen atoms in total. The SMILES string of the molecule is COc1ccc(OC)c(CNc2[nH+]cc([N+](=O)[O-])cc2[N+](=O)[O-])c1. The third-order valence-corrected chi connectivity index (χ3v) is 3.26. The van der Waals surface area contributed by atoms with Gasteiger partial charge in [-0.05, 0) is 18.2 Å². The van der Waals surface area contributed by atoms with Gasteiger partial charge in [0.15, 0.2) is 6.20 Å². The Morgan fingerprint density at radius 1 is 1.12 bits per heavy atom. The molecule has 24 heavy (non-hydrogen) atoms. The number of anilines is 1. The number of ether oxygens (including phenoxy) is 2. The Morgan fingerprint density at radius 2 is 1.88 bits per heavy atom. The fourth-order valence-corrected chi connectivity index (χ4v) is 2.07. The Kier molecular flexibility index (Phi) is 5.09. The lowest BCUT2D eigenvalue weighted by Gasteiger charge is -2.09. The van der Waals surface area contributed by atoms with Crippen LogP contribution in [0.2, 0.25) is 0 Å². The lowest BCUT2D eigenvalue weighted by atomic mass is 10.2. The van der Waals surface area contributed by atoms with Crippen LogP contribution in [0.4, 0.5) is 17.2 Å². The summed E-state index contributed by atoms with van der Waals surface area (Å²) in [6.45, 7) is 0.190. The largest absolute Gasteiger partial charge is 0.497 e. The molecule has 0 amide bonds. The number of aromatic amines is 1. The molecule has 0 atom stereocenters. The average molecular weight is 335 g/mol. The number of rotatable bonds is 7. The van der Waals surface area contributed by atoms with E-state index in [-0.39, 0.29) is 12.4 Å². The van der Waals surface area contributed by atoms with Crippen LogP contribution < -0.4 is 19.8 Å². The molecule has 2 aromatic rings. The minimum atomic E-state index is -0.710. The zero-order chi connectivity index (χ0) is 17.7. The van der Waals surface area contributed by atoms with E-state index in [1.165, 1.54) is 14.2 Å². The summed E-state index contributed by atoms with van der Waals surface area (Å²) in [6, 6.07) is 6.05. The highest BCUT2D eigenvalue weighted by atomic mass is 16.6. The average Bonchev–Trinajstić information content (AvgIpc) is 2.59. The van der Waals surface area contributed by atoms with Gasteiger partial charge in [0, 0.05) is 5.56 Å². The van der Waals surface area contributed by atoms with E-state index in [4.69, 9.17) is 9.47 Å². The van der Waals surface area contributed by atoms with Gasteiger partial charge in [-0.25, -0.2) is 4.98 Å². The van der Waals surface area contributed by atoms with Gasteiger partial charge in [-0.2, -0.15) is 0 Å². The summed E-state index contributed by atoms with van der Waals surface area (Å²) < 4.78 is 10.4. The first-order valence-electron chi connectivity index (χ1n) is 6.75. The second-order valence-corrected chi connectivity index (χ2v) is 4.66. The number of nitrogens with zero attached hydrogens (tertiary/aromatic N) is 2. The van der Waals surface area contributed by atoms with Crippen LogP contribution in [0.25, 0.3) is 0 Å². The lowest BCUT2D eigenvalue weighted by Crippen LogP contribution is -2.16. The summed E-state index contributed by atoms with van der Waals surface area (Å²) in [6.07, 6.45) is 1.08. The quantitative estimate of drug-likeness (QED) is 0.604. The third kappa shape index (κ3) is 3.66. The van der Waals surface area contributed by atoms with Crippen LogP contribution in [0.15, 0.2) is 30.5 Å². The van der Waals surface area contributed by atoms with E-state index in [1.807, 2.05) is 0 Å². The first-order valence-corrected chi connectivity index (χ1v) is 6.75. The molecular weight excluding hydrogens is 320 g/mol. The number of nitro groups is 2. The van der Waals surface area contributed by atoms with Gasteiger partial charge < -0.3 is 9.47 Å². The van der Waals surface area contributed by atoms with Crippen molar-refractivity contribution in [2.24, 2.45) is 0 Å². The van der Waals surface area contributed by atoms with E-state index < -0.39 is 21.2 Å². The number of aromatic nitrogens is 1. The van der Waals surface area contributed by atoms with Gasteiger partial charge in [0.05, 0.1) is 24.1 Å². The molecule has 0 saturated carbocycles. The molecule has 0 spiro atoms. The number of methoxy groups -OCH3 is 2. The van der Waals surface area contributed by atoms with Crippen molar-refractivity contribution in [1.82, 2.24) is 0 Å². The van der Waals surface area contributed by atoms with E-state index in [2.05, 4.69) is 10.3 Å². The van der Waals surface area contributed by atoms with Crippen LogP contribution in [-0.4, -0.2) is 24.1 Å². The van der Waals surface area contributed by atoms with E-state index in [0.717, 1.165) is 12.3 Å². The molecule has 0 unspecified atom stereocenters. The Labute approximate surface area is 136 Å². The first kappa shape index (κ1) is 16.9. The molecule has 1 aromatic carbocycles. The molecule has 2 rings (SSSR count). The normalized spacial score (nSPS) is 10.1. The van der Waals surface area contributed by atoms with Crippen LogP contribution in [0.5, 0.6) is 11.5 Å². The van der Waals surface area contributed by atoms with Crippen LogP contribution in [-0.2, 0) is 6.54 Å². The summed E-state index contributed by atoms with van der Waals surface area (Å²) in [7, 11) is 3.03. The topological polar surface area (TPSA) is 131 Å². The van der Waals surface area contributed by atoms with Crippen LogP contribution in [0, 0.1) is 20.2 Å². The Hall–Kier alpha value is -3.43. The van der Waals surface area contributed by atoms with Crippen LogP contribution in [0.3, 0.4) is 0 Å². The zero-order valence-electron chi connectivity index (χ0n) is 12.9. The van der Waals surface area contributed by atoms with Crippen molar-refractivity contribution in [3.63, 3.8) is 0 Å². The van der Waals surface area contributed by atoms with Crippen molar-refractivity contribution >= 4 is 17.2 Å². The fraction of sp³-hybridized carbons (Fsp3) is 0.214. The predicted octanol–water partition coefficient (Wildman–Crippen LogP) is 1.95. The zero-order valence-corrected chi connectivity index (χ0v) is 12.9. The van der Waals surface area contributed by atoms with Gasteiger partial charge >= 0.3 is 17.2 Å². The van der Waals surface area contributed by atoms with Gasteiger partial charge in [-0.15, -0.1) is 0 Å². The van der Waals surface area contributed by atoms with Gasteiger partial charge in [-0.3, -0.25) is 25.5 Å². The standard InChI is InChI=1S/C14H14N4O6/c1-23-11-3-4-13(24-2)9(5-11)7-15-14-12(18(21)22)6-10(8-16-14)17(19)20/h3-6,8H,7H2,1-2H3,(H,15,16)/p+1. The van der Waals surface area contributed by atoms with Gasteiger partial charge in [0.2, 0.25) is 0 Å². The number of benzene rings is 1.